The summed E-state index contributed by atoms with van der Waals surface area (Å²) in [6.45, 7) is 1.97. The molecule has 0 aliphatic rings. The molecule has 0 spiro atoms. The number of nitrogens with zero attached hydrogens (tertiary/aromatic N) is 3. The predicted octanol–water partition coefficient (Wildman–Crippen LogP) is 2.82. The molecule has 0 aliphatic heterocycles. The van der Waals surface area contributed by atoms with E-state index in [0.29, 0.717) is 17.4 Å². The van der Waals surface area contributed by atoms with Gasteiger partial charge in [0.15, 0.2) is 5.82 Å². The lowest BCUT2D eigenvalue weighted by molar-refractivity contribution is 0.420. The van der Waals surface area contributed by atoms with E-state index in [1.165, 1.54) is 0 Å². The lowest BCUT2D eigenvalue weighted by Crippen LogP contribution is -1.90. The Hall–Kier alpha value is -1.42. The first-order valence-electron chi connectivity index (χ1n) is 4.70. The van der Waals surface area contributed by atoms with Gasteiger partial charge < -0.3 is 4.52 Å². The molecule has 1 atom stereocenters. The van der Waals surface area contributed by atoms with Gasteiger partial charge in [0.1, 0.15) is 5.69 Å². The number of hydrogen-bond donors (Lipinski definition) is 0. The lowest BCUT2D eigenvalue weighted by atomic mass is 10.3. The van der Waals surface area contributed by atoms with Crippen molar-refractivity contribution >= 4 is 11.6 Å². The van der Waals surface area contributed by atoms with Crippen molar-refractivity contribution in [2.45, 2.75) is 18.7 Å². The monoisotopic (exact) mass is 223 g/mol. The van der Waals surface area contributed by atoms with Crippen LogP contribution in [0.15, 0.2) is 28.9 Å². The zero-order valence-electron chi connectivity index (χ0n) is 8.22. The molecule has 0 aromatic carbocycles. The zero-order chi connectivity index (χ0) is 10.7. The van der Waals surface area contributed by atoms with E-state index in [4.69, 9.17) is 16.1 Å². The molecule has 2 rings (SSSR count). The van der Waals surface area contributed by atoms with Gasteiger partial charge in [-0.25, -0.2) is 0 Å². The highest BCUT2D eigenvalue weighted by atomic mass is 35.5. The van der Waals surface area contributed by atoms with Gasteiger partial charge >= 0.3 is 0 Å². The first kappa shape index (κ1) is 10.1. The summed E-state index contributed by atoms with van der Waals surface area (Å²) in [4.78, 5) is 8.29. The van der Waals surface area contributed by atoms with Crippen LogP contribution < -0.4 is 0 Å². The molecule has 1 unspecified atom stereocenters. The van der Waals surface area contributed by atoms with E-state index < -0.39 is 0 Å². The molecule has 0 aliphatic carbocycles. The van der Waals surface area contributed by atoms with Crippen molar-refractivity contribution in [3.63, 3.8) is 0 Å². The quantitative estimate of drug-likeness (QED) is 0.751. The molecular weight excluding hydrogens is 214 g/mol. The van der Waals surface area contributed by atoms with Gasteiger partial charge in [-0.2, -0.15) is 4.98 Å². The van der Waals surface area contributed by atoms with Crippen LogP contribution in [0.1, 0.15) is 24.5 Å². The van der Waals surface area contributed by atoms with E-state index in [2.05, 4.69) is 15.1 Å². The SMILES string of the molecule is CCC(Cl)c1noc(-c2ccccn2)n1. The van der Waals surface area contributed by atoms with Crippen molar-refractivity contribution in [3.8, 4) is 11.6 Å². The lowest BCUT2D eigenvalue weighted by Gasteiger charge is -1.96. The number of rotatable bonds is 3. The van der Waals surface area contributed by atoms with Crippen molar-refractivity contribution in [2.24, 2.45) is 0 Å². The number of alkyl halides is 1. The summed E-state index contributed by atoms with van der Waals surface area (Å²) in [6, 6.07) is 5.51. The summed E-state index contributed by atoms with van der Waals surface area (Å²) in [5, 5.41) is 3.60. The maximum absolute atomic E-state index is 5.99. The fourth-order valence-electron chi connectivity index (χ4n) is 1.14. The van der Waals surface area contributed by atoms with E-state index in [-0.39, 0.29) is 5.38 Å². The molecule has 0 radical (unpaired) electrons. The average Bonchev–Trinajstić information content (AvgIpc) is 2.78. The second-order valence-corrected chi connectivity index (χ2v) is 3.58. The Morgan fingerprint density at radius 1 is 1.47 bits per heavy atom. The summed E-state index contributed by atoms with van der Waals surface area (Å²) in [5.74, 6) is 0.921. The maximum atomic E-state index is 5.99. The number of aromatic nitrogens is 3. The van der Waals surface area contributed by atoms with Crippen molar-refractivity contribution in [2.75, 3.05) is 0 Å². The highest BCUT2D eigenvalue weighted by Crippen LogP contribution is 2.23. The first-order valence-corrected chi connectivity index (χ1v) is 5.14. The second-order valence-electron chi connectivity index (χ2n) is 3.05. The standard InChI is InChI=1S/C10H10ClN3O/c1-2-7(11)9-13-10(15-14-9)8-5-3-4-6-12-8/h3-7H,2H2,1H3. The van der Waals surface area contributed by atoms with E-state index in [9.17, 15) is 0 Å². The summed E-state index contributed by atoms with van der Waals surface area (Å²) in [7, 11) is 0. The van der Waals surface area contributed by atoms with Gasteiger partial charge in [0.05, 0.1) is 5.38 Å². The molecular formula is C10H10ClN3O. The molecule has 0 saturated carbocycles. The van der Waals surface area contributed by atoms with Crippen LogP contribution in [0.2, 0.25) is 0 Å². The third-order valence-corrected chi connectivity index (χ3v) is 2.47. The molecule has 78 valence electrons. The predicted molar refractivity (Wildman–Crippen MR) is 56.4 cm³/mol. The van der Waals surface area contributed by atoms with Crippen LogP contribution in [0, 0.1) is 0 Å². The molecule has 2 heterocycles. The number of pyridine rings is 1. The van der Waals surface area contributed by atoms with Crippen LogP contribution in [0.4, 0.5) is 0 Å². The third kappa shape index (κ3) is 2.15. The van der Waals surface area contributed by atoms with Crippen LogP contribution in [0.25, 0.3) is 11.6 Å². The highest BCUT2D eigenvalue weighted by Gasteiger charge is 2.15. The summed E-state index contributed by atoms with van der Waals surface area (Å²) >= 11 is 5.99. The van der Waals surface area contributed by atoms with Gasteiger partial charge in [0.2, 0.25) is 0 Å². The van der Waals surface area contributed by atoms with Gasteiger partial charge in [-0.3, -0.25) is 4.98 Å². The van der Waals surface area contributed by atoms with Crippen molar-refractivity contribution in [1.82, 2.24) is 15.1 Å². The average molecular weight is 224 g/mol. The molecule has 4 nitrogen and oxygen atoms in total. The Bertz CT molecular complexity index is 429. The Morgan fingerprint density at radius 2 is 2.33 bits per heavy atom. The largest absolute Gasteiger partial charge is 0.332 e. The summed E-state index contributed by atoms with van der Waals surface area (Å²) in [6.07, 6.45) is 2.44. The summed E-state index contributed by atoms with van der Waals surface area (Å²) < 4.78 is 5.07. The summed E-state index contributed by atoms with van der Waals surface area (Å²) in [5.41, 5.74) is 0.663. The fourth-order valence-corrected chi connectivity index (χ4v) is 1.23. The van der Waals surface area contributed by atoms with E-state index in [1.54, 1.807) is 6.20 Å². The highest BCUT2D eigenvalue weighted by molar-refractivity contribution is 6.20. The minimum absolute atomic E-state index is 0.203. The minimum atomic E-state index is -0.203. The number of halogens is 1. The van der Waals surface area contributed by atoms with Crippen LogP contribution in [0.3, 0.4) is 0 Å². The molecule has 0 N–H and O–H groups in total. The van der Waals surface area contributed by atoms with Crippen LogP contribution in [-0.4, -0.2) is 15.1 Å². The molecule has 15 heavy (non-hydrogen) atoms. The number of hydrogen-bond acceptors (Lipinski definition) is 4. The van der Waals surface area contributed by atoms with Crippen LogP contribution in [0.5, 0.6) is 0 Å². The molecule has 0 amide bonds. The molecule has 0 fully saturated rings. The van der Waals surface area contributed by atoms with Crippen molar-refractivity contribution < 1.29 is 4.52 Å². The zero-order valence-corrected chi connectivity index (χ0v) is 8.98. The third-order valence-electron chi connectivity index (χ3n) is 1.96. The maximum Gasteiger partial charge on any atom is 0.276 e. The molecule has 0 saturated heterocycles. The van der Waals surface area contributed by atoms with E-state index in [1.807, 2.05) is 25.1 Å². The second kappa shape index (κ2) is 4.40. The van der Waals surface area contributed by atoms with E-state index in [0.717, 1.165) is 6.42 Å². The molecule has 5 heteroatoms. The molecule has 2 aromatic rings. The van der Waals surface area contributed by atoms with Gasteiger partial charge in [-0.05, 0) is 18.6 Å². The Kier molecular flexibility index (Phi) is 2.97. The smallest absolute Gasteiger partial charge is 0.276 e. The van der Waals surface area contributed by atoms with Crippen molar-refractivity contribution in [1.29, 1.82) is 0 Å². The normalized spacial score (nSPS) is 12.7. The molecule has 2 aromatic heterocycles. The van der Waals surface area contributed by atoms with E-state index >= 15 is 0 Å². The first-order chi connectivity index (χ1) is 7.31. The van der Waals surface area contributed by atoms with Gasteiger partial charge in [-0.15, -0.1) is 11.6 Å². The Morgan fingerprint density at radius 3 is 3.00 bits per heavy atom. The van der Waals surface area contributed by atoms with Crippen molar-refractivity contribution in [3.05, 3.63) is 30.2 Å². The van der Waals surface area contributed by atoms with Crippen LogP contribution in [-0.2, 0) is 0 Å². The molecule has 0 bridgehead atoms. The minimum Gasteiger partial charge on any atom is -0.332 e. The Balaban J connectivity index is 2.28. The Labute approximate surface area is 92.3 Å². The van der Waals surface area contributed by atoms with Gasteiger partial charge in [-0.1, -0.05) is 18.1 Å². The van der Waals surface area contributed by atoms with Gasteiger partial charge in [0, 0.05) is 6.20 Å². The van der Waals surface area contributed by atoms with Gasteiger partial charge in [0.25, 0.3) is 5.89 Å². The van der Waals surface area contributed by atoms with Crippen LogP contribution >= 0.6 is 11.6 Å². The fraction of sp³-hybridized carbons (Fsp3) is 0.300. The topological polar surface area (TPSA) is 51.8 Å².